The molecule has 1 aromatic heterocycles. The number of aryl methyl sites for hydroxylation is 1. The second-order valence-electron chi connectivity index (χ2n) is 8.21. The monoisotopic (exact) mass is 479 g/mol. The highest BCUT2D eigenvalue weighted by Gasteiger charge is 2.08. The fraction of sp³-hybridized carbons (Fsp3) is 0.407. The first-order chi connectivity index (χ1) is 17.2. The van der Waals surface area contributed by atoms with E-state index in [0.29, 0.717) is 58.5 Å². The Balaban J connectivity index is 1.42. The van der Waals surface area contributed by atoms with E-state index in [4.69, 9.17) is 18.9 Å². The van der Waals surface area contributed by atoms with E-state index in [2.05, 4.69) is 22.0 Å². The van der Waals surface area contributed by atoms with Gasteiger partial charge in [-0.2, -0.15) is 0 Å². The molecular weight excluding hydrogens is 446 g/mol. The summed E-state index contributed by atoms with van der Waals surface area (Å²) in [5.74, 6) is 0. The second-order valence-corrected chi connectivity index (χ2v) is 8.21. The molecule has 0 spiro atoms. The van der Waals surface area contributed by atoms with Gasteiger partial charge in [0.1, 0.15) is 5.69 Å². The van der Waals surface area contributed by atoms with Crippen LogP contribution >= 0.6 is 0 Å². The van der Waals surface area contributed by atoms with Gasteiger partial charge in [-0.1, -0.05) is 30.3 Å². The smallest absolute Gasteiger partial charge is 0.276 e. The SMILES string of the molecule is Cn1c(=O)c(/C=C/c2ccc(N3CCOCCOCCOCCOCC3)cc2)nc2ccccc21. The number of hydrogen-bond acceptors (Lipinski definition) is 7. The molecule has 4 rings (SSSR count). The van der Waals surface area contributed by atoms with Crippen LogP contribution in [0.4, 0.5) is 5.69 Å². The molecule has 186 valence electrons. The maximum atomic E-state index is 12.7. The molecule has 3 aromatic rings. The Morgan fingerprint density at radius 2 is 1.31 bits per heavy atom. The lowest BCUT2D eigenvalue weighted by Crippen LogP contribution is -2.31. The molecule has 0 radical (unpaired) electrons. The van der Waals surface area contributed by atoms with E-state index in [1.54, 1.807) is 17.7 Å². The van der Waals surface area contributed by atoms with Crippen LogP contribution in [-0.4, -0.2) is 75.5 Å². The van der Waals surface area contributed by atoms with Crippen molar-refractivity contribution in [2.45, 2.75) is 0 Å². The minimum Gasteiger partial charge on any atom is -0.377 e. The highest BCUT2D eigenvalue weighted by molar-refractivity contribution is 5.77. The summed E-state index contributed by atoms with van der Waals surface area (Å²) in [4.78, 5) is 19.5. The van der Waals surface area contributed by atoms with E-state index in [-0.39, 0.29) is 5.56 Å². The van der Waals surface area contributed by atoms with Crippen molar-refractivity contribution in [3.8, 4) is 0 Å². The molecule has 1 aliphatic heterocycles. The van der Waals surface area contributed by atoms with Crippen LogP contribution in [0, 0.1) is 0 Å². The Bertz CT molecular complexity index is 1140. The van der Waals surface area contributed by atoms with Gasteiger partial charge in [0.25, 0.3) is 5.56 Å². The van der Waals surface area contributed by atoms with Gasteiger partial charge in [-0.25, -0.2) is 4.98 Å². The molecule has 0 atom stereocenters. The quantitative estimate of drug-likeness (QED) is 0.572. The van der Waals surface area contributed by atoms with Gasteiger partial charge in [-0.3, -0.25) is 4.79 Å². The minimum atomic E-state index is -0.117. The molecule has 0 N–H and O–H groups in total. The van der Waals surface area contributed by atoms with Crippen molar-refractivity contribution in [2.24, 2.45) is 7.05 Å². The molecule has 1 saturated heterocycles. The Morgan fingerprint density at radius 1 is 0.743 bits per heavy atom. The highest BCUT2D eigenvalue weighted by atomic mass is 16.6. The van der Waals surface area contributed by atoms with Gasteiger partial charge in [0.2, 0.25) is 0 Å². The van der Waals surface area contributed by atoms with E-state index in [9.17, 15) is 4.79 Å². The third kappa shape index (κ3) is 7.22. The predicted octanol–water partition coefficient (Wildman–Crippen LogP) is 2.99. The molecule has 8 nitrogen and oxygen atoms in total. The van der Waals surface area contributed by atoms with E-state index in [1.807, 2.05) is 42.5 Å². The summed E-state index contributed by atoms with van der Waals surface area (Å²) in [5, 5.41) is 0. The van der Waals surface area contributed by atoms with Crippen LogP contribution in [0.25, 0.3) is 23.2 Å². The van der Waals surface area contributed by atoms with Crippen molar-refractivity contribution in [3.05, 3.63) is 70.1 Å². The topological polar surface area (TPSA) is 75.1 Å². The first-order valence-electron chi connectivity index (χ1n) is 12.0. The summed E-state index contributed by atoms with van der Waals surface area (Å²) in [6.45, 7) is 6.14. The van der Waals surface area contributed by atoms with Gasteiger partial charge in [0, 0.05) is 25.8 Å². The number of ether oxygens (including phenoxy) is 4. The highest BCUT2D eigenvalue weighted by Crippen LogP contribution is 2.17. The molecule has 2 heterocycles. The van der Waals surface area contributed by atoms with E-state index in [0.717, 1.165) is 35.4 Å². The van der Waals surface area contributed by atoms with Crippen LogP contribution in [0.5, 0.6) is 0 Å². The molecular formula is C27H33N3O5. The van der Waals surface area contributed by atoms with Crippen LogP contribution in [0.3, 0.4) is 0 Å². The summed E-state index contributed by atoms with van der Waals surface area (Å²) in [6, 6.07) is 15.9. The fourth-order valence-electron chi connectivity index (χ4n) is 3.86. The molecule has 0 amide bonds. The third-order valence-electron chi connectivity index (χ3n) is 5.83. The van der Waals surface area contributed by atoms with Crippen molar-refractivity contribution in [2.75, 3.05) is 70.8 Å². The summed E-state index contributed by atoms with van der Waals surface area (Å²) in [6.07, 6.45) is 3.69. The lowest BCUT2D eigenvalue weighted by molar-refractivity contribution is 0.00206. The Hall–Kier alpha value is -3.04. The van der Waals surface area contributed by atoms with Crippen molar-refractivity contribution in [1.82, 2.24) is 9.55 Å². The summed E-state index contributed by atoms with van der Waals surface area (Å²) in [5.41, 5.74) is 4.00. The Labute approximate surface area is 205 Å². The molecule has 2 aromatic carbocycles. The first-order valence-corrected chi connectivity index (χ1v) is 12.0. The van der Waals surface area contributed by atoms with Crippen molar-refractivity contribution < 1.29 is 18.9 Å². The number of nitrogens with zero attached hydrogens (tertiary/aromatic N) is 3. The zero-order valence-electron chi connectivity index (χ0n) is 20.2. The van der Waals surface area contributed by atoms with Gasteiger partial charge in [0.05, 0.1) is 63.9 Å². The molecule has 0 unspecified atom stereocenters. The van der Waals surface area contributed by atoms with E-state index < -0.39 is 0 Å². The number of aromatic nitrogens is 2. The second kappa shape index (κ2) is 13.2. The standard InChI is InChI=1S/C27H33N3O5/c1-29-26-5-3-2-4-24(26)28-25(27(29)31)11-8-22-6-9-23(10-7-22)30-12-14-32-16-18-34-20-21-35-19-17-33-15-13-30/h2-11H,12-21H2,1H3/b11-8+. The van der Waals surface area contributed by atoms with Crippen LogP contribution in [0.2, 0.25) is 0 Å². The number of rotatable bonds is 3. The normalized spacial score (nSPS) is 17.3. The van der Waals surface area contributed by atoms with Crippen LogP contribution in [0.15, 0.2) is 53.3 Å². The van der Waals surface area contributed by atoms with E-state index >= 15 is 0 Å². The lowest BCUT2D eigenvalue weighted by atomic mass is 10.1. The van der Waals surface area contributed by atoms with Crippen LogP contribution in [0.1, 0.15) is 11.3 Å². The number of benzene rings is 2. The maximum absolute atomic E-state index is 12.7. The molecule has 1 fully saturated rings. The molecule has 0 bridgehead atoms. The Morgan fingerprint density at radius 3 is 1.94 bits per heavy atom. The maximum Gasteiger partial charge on any atom is 0.276 e. The summed E-state index contributed by atoms with van der Waals surface area (Å²) in [7, 11) is 1.77. The molecule has 0 aliphatic carbocycles. The predicted molar refractivity (Wildman–Crippen MR) is 138 cm³/mol. The zero-order valence-corrected chi connectivity index (χ0v) is 20.2. The summed E-state index contributed by atoms with van der Waals surface area (Å²) < 4.78 is 24.1. The van der Waals surface area contributed by atoms with Crippen molar-refractivity contribution in [1.29, 1.82) is 0 Å². The zero-order chi connectivity index (χ0) is 24.3. The number of hydrogen-bond donors (Lipinski definition) is 0. The van der Waals surface area contributed by atoms with Gasteiger partial charge in [-0.05, 0) is 35.9 Å². The third-order valence-corrected chi connectivity index (χ3v) is 5.83. The van der Waals surface area contributed by atoms with Gasteiger partial charge < -0.3 is 28.4 Å². The number of anilines is 1. The van der Waals surface area contributed by atoms with Crippen molar-refractivity contribution >= 4 is 28.9 Å². The van der Waals surface area contributed by atoms with Crippen molar-refractivity contribution in [3.63, 3.8) is 0 Å². The molecule has 0 saturated carbocycles. The summed E-state index contributed by atoms with van der Waals surface area (Å²) >= 11 is 0. The Kier molecular flexibility index (Phi) is 9.42. The van der Waals surface area contributed by atoms with Crippen LogP contribution < -0.4 is 10.5 Å². The number of para-hydroxylation sites is 2. The van der Waals surface area contributed by atoms with Gasteiger partial charge in [-0.15, -0.1) is 0 Å². The average Bonchev–Trinajstić information content (AvgIpc) is 2.90. The van der Waals surface area contributed by atoms with Crippen LogP contribution in [-0.2, 0) is 26.0 Å². The fourth-order valence-corrected chi connectivity index (χ4v) is 3.86. The van der Waals surface area contributed by atoms with Gasteiger partial charge in [0.15, 0.2) is 0 Å². The number of fused-ring (bicyclic) bond motifs is 1. The largest absolute Gasteiger partial charge is 0.377 e. The van der Waals surface area contributed by atoms with Gasteiger partial charge >= 0.3 is 0 Å². The first kappa shape index (κ1) is 25.1. The lowest BCUT2D eigenvalue weighted by Gasteiger charge is -2.25. The van der Waals surface area contributed by atoms with E-state index in [1.165, 1.54) is 0 Å². The molecule has 35 heavy (non-hydrogen) atoms. The molecule has 1 aliphatic rings. The average molecular weight is 480 g/mol. The minimum absolute atomic E-state index is 0.117. The molecule has 8 heteroatoms.